The molecule has 10 heteroatoms. The zero-order valence-corrected chi connectivity index (χ0v) is 26.4. The molecular formula is C32H41N3O6S. The summed E-state index contributed by atoms with van der Waals surface area (Å²) >= 11 is 0. The van der Waals surface area contributed by atoms with Gasteiger partial charge in [-0.3, -0.25) is 13.9 Å². The van der Waals surface area contributed by atoms with Gasteiger partial charge in [-0.15, -0.1) is 0 Å². The Balaban J connectivity index is 2.10. The van der Waals surface area contributed by atoms with Crippen molar-refractivity contribution in [2.24, 2.45) is 0 Å². The highest BCUT2D eigenvalue weighted by Gasteiger charge is 2.33. The van der Waals surface area contributed by atoms with Gasteiger partial charge in [0.25, 0.3) is 10.0 Å². The molecular weight excluding hydrogens is 554 g/mol. The fourth-order valence-corrected chi connectivity index (χ4v) is 5.82. The molecule has 0 aliphatic rings. The van der Waals surface area contributed by atoms with Crippen molar-refractivity contribution in [1.82, 2.24) is 10.2 Å². The van der Waals surface area contributed by atoms with Gasteiger partial charge in [0.1, 0.15) is 12.6 Å². The van der Waals surface area contributed by atoms with Gasteiger partial charge in [-0.2, -0.15) is 0 Å². The maximum absolute atomic E-state index is 14.1. The number of hydrogen-bond acceptors (Lipinski definition) is 6. The predicted molar refractivity (Wildman–Crippen MR) is 164 cm³/mol. The summed E-state index contributed by atoms with van der Waals surface area (Å²) in [6.07, 6.45) is 0. The van der Waals surface area contributed by atoms with Crippen molar-refractivity contribution in [3.05, 3.63) is 83.4 Å². The van der Waals surface area contributed by atoms with Crippen LogP contribution in [0.3, 0.4) is 0 Å². The maximum Gasteiger partial charge on any atom is 0.264 e. The highest BCUT2D eigenvalue weighted by atomic mass is 32.2. The van der Waals surface area contributed by atoms with Gasteiger partial charge in [-0.25, -0.2) is 8.42 Å². The lowest BCUT2D eigenvalue weighted by molar-refractivity contribution is -0.140. The third-order valence-electron chi connectivity index (χ3n) is 6.64. The Morgan fingerprint density at radius 2 is 1.52 bits per heavy atom. The fraction of sp³-hybridized carbons (Fsp3) is 0.375. The number of nitrogens with zero attached hydrogens (tertiary/aromatic N) is 2. The number of sulfonamides is 1. The van der Waals surface area contributed by atoms with Gasteiger partial charge in [0.2, 0.25) is 11.8 Å². The van der Waals surface area contributed by atoms with Crippen LogP contribution in [0.4, 0.5) is 5.69 Å². The Hall–Kier alpha value is -4.05. The molecule has 42 heavy (non-hydrogen) atoms. The first-order valence-electron chi connectivity index (χ1n) is 13.6. The van der Waals surface area contributed by atoms with Crippen LogP contribution in [0, 0.1) is 13.8 Å². The molecule has 0 radical (unpaired) electrons. The van der Waals surface area contributed by atoms with E-state index in [0.29, 0.717) is 11.5 Å². The van der Waals surface area contributed by atoms with E-state index in [1.54, 1.807) is 31.2 Å². The average molecular weight is 596 g/mol. The number of benzene rings is 3. The third kappa shape index (κ3) is 8.03. The summed E-state index contributed by atoms with van der Waals surface area (Å²) in [5.74, 6) is -0.170. The SMILES string of the molecule is COc1ccc(N(CC(=O)N(Cc2cccc(C)c2)[C@H](C)C(=O)NC(C)(C)C)S(=O)(=O)c2ccc(C)cc2)cc1OC. The van der Waals surface area contributed by atoms with Crippen molar-refractivity contribution in [2.45, 2.75) is 64.6 Å². The molecule has 0 heterocycles. The van der Waals surface area contributed by atoms with E-state index in [2.05, 4.69) is 5.32 Å². The number of anilines is 1. The molecule has 0 bridgehead atoms. The van der Waals surface area contributed by atoms with Crippen LogP contribution in [0.1, 0.15) is 44.4 Å². The molecule has 9 nitrogen and oxygen atoms in total. The Bertz CT molecular complexity index is 1510. The number of hydrogen-bond donors (Lipinski definition) is 1. The Labute approximate surface area is 249 Å². The number of carbonyl (C=O) groups is 2. The van der Waals surface area contributed by atoms with E-state index < -0.39 is 34.1 Å². The number of aryl methyl sites for hydroxylation is 2. The number of nitrogens with one attached hydrogen (secondary N) is 1. The number of carbonyl (C=O) groups excluding carboxylic acids is 2. The van der Waals surface area contributed by atoms with Crippen LogP contribution >= 0.6 is 0 Å². The van der Waals surface area contributed by atoms with Crippen molar-refractivity contribution in [2.75, 3.05) is 25.1 Å². The summed E-state index contributed by atoms with van der Waals surface area (Å²) < 4.78 is 39.9. The van der Waals surface area contributed by atoms with Crippen LogP contribution in [0.2, 0.25) is 0 Å². The molecule has 1 atom stereocenters. The van der Waals surface area contributed by atoms with Crippen LogP contribution in [0.5, 0.6) is 11.5 Å². The van der Waals surface area contributed by atoms with Gasteiger partial charge in [0.15, 0.2) is 11.5 Å². The Morgan fingerprint density at radius 3 is 2.10 bits per heavy atom. The summed E-state index contributed by atoms with van der Waals surface area (Å²) in [4.78, 5) is 28.8. The first-order chi connectivity index (χ1) is 19.7. The van der Waals surface area contributed by atoms with Crippen LogP contribution in [-0.4, -0.2) is 57.5 Å². The minimum Gasteiger partial charge on any atom is -0.493 e. The van der Waals surface area contributed by atoms with E-state index >= 15 is 0 Å². The average Bonchev–Trinajstić information content (AvgIpc) is 2.93. The minimum atomic E-state index is -4.21. The largest absolute Gasteiger partial charge is 0.493 e. The molecule has 0 aliphatic carbocycles. The topological polar surface area (TPSA) is 105 Å². The molecule has 2 amide bonds. The van der Waals surface area contributed by atoms with E-state index in [-0.39, 0.29) is 23.0 Å². The van der Waals surface area contributed by atoms with E-state index in [1.165, 1.54) is 37.3 Å². The smallest absolute Gasteiger partial charge is 0.264 e. The molecule has 0 unspecified atom stereocenters. The van der Waals surface area contributed by atoms with Gasteiger partial charge >= 0.3 is 0 Å². The second-order valence-corrected chi connectivity index (χ2v) is 13.2. The lowest BCUT2D eigenvalue weighted by Gasteiger charge is -2.33. The van der Waals surface area contributed by atoms with Gasteiger partial charge in [-0.1, -0.05) is 47.5 Å². The van der Waals surface area contributed by atoms with Gasteiger partial charge in [0.05, 0.1) is 24.8 Å². The van der Waals surface area contributed by atoms with Gasteiger partial charge < -0.3 is 19.7 Å². The second kappa shape index (κ2) is 13.3. The van der Waals surface area contributed by atoms with Crippen molar-refractivity contribution in [1.29, 1.82) is 0 Å². The van der Waals surface area contributed by atoms with Gasteiger partial charge in [-0.05, 0) is 71.4 Å². The molecule has 3 aromatic rings. The maximum atomic E-state index is 14.1. The first-order valence-corrected chi connectivity index (χ1v) is 15.1. The zero-order chi connectivity index (χ0) is 31.2. The summed E-state index contributed by atoms with van der Waals surface area (Å²) in [5.41, 5.74) is 2.40. The Kier molecular flexibility index (Phi) is 10.3. The molecule has 0 fully saturated rings. The molecule has 0 saturated carbocycles. The monoisotopic (exact) mass is 595 g/mol. The van der Waals surface area contributed by atoms with Gasteiger partial charge in [0, 0.05) is 18.2 Å². The van der Waals surface area contributed by atoms with E-state index in [1.807, 2.05) is 58.9 Å². The highest BCUT2D eigenvalue weighted by Crippen LogP contribution is 2.34. The summed E-state index contributed by atoms with van der Waals surface area (Å²) in [6.45, 7) is 10.6. The molecule has 1 N–H and O–H groups in total. The summed E-state index contributed by atoms with van der Waals surface area (Å²) in [5, 5.41) is 2.93. The van der Waals surface area contributed by atoms with Crippen molar-refractivity contribution >= 4 is 27.5 Å². The molecule has 0 saturated heterocycles. The van der Waals surface area contributed by atoms with Crippen LogP contribution in [-0.2, 0) is 26.2 Å². The van der Waals surface area contributed by atoms with E-state index in [4.69, 9.17) is 9.47 Å². The standard InChI is InChI=1S/C32H41N3O6S/c1-22-12-15-27(16-13-22)42(38,39)35(26-14-17-28(40-7)29(19-26)41-8)21-30(36)34(20-25-11-9-10-23(2)18-25)24(3)31(37)33-32(4,5)6/h9-19,24H,20-21H2,1-8H3,(H,33,37)/t24-/m1/s1. The van der Waals surface area contributed by atoms with Crippen molar-refractivity contribution in [3.8, 4) is 11.5 Å². The van der Waals surface area contributed by atoms with Crippen molar-refractivity contribution in [3.63, 3.8) is 0 Å². The quantitative estimate of drug-likeness (QED) is 0.340. The number of amides is 2. The normalized spacial score (nSPS) is 12.3. The fourth-order valence-electron chi connectivity index (χ4n) is 4.41. The summed E-state index contributed by atoms with van der Waals surface area (Å²) in [7, 11) is -1.28. The molecule has 0 aliphatic heterocycles. The lowest BCUT2D eigenvalue weighted by Crippen LogP contribution is -2.54. The van der Waals surface area contributed by atoms with Crippen LogP contribution < -0.4 is 19.1 Å². The van der Waals surface area contributed by atoms with Crippen molar-refractivity contribution < 1.29 is 27.5 Å². The molecule has 0 spiro atoms. The number of methoxy groups -OCH3 is 2. The molecule has 0 aromatic heterocycles. The first kappa shape index (κ1) is 32.5. The van der Waals surface area contributed by atoms with E-state index in [0.717, 1.165) is 21.0 Å². The molecule has 3 rings (SSSR count). The zero-order valence-electron chi connectivity index (χ0n) is 25.6. The number of ether oxygens (including phenoxy) is 2. The van der Waals surface area contributed by atoms with Crippen LogP contribution in [0.15, 0.2) is 71.6 Å². The molecule has 226 valence electrons. The highest BCUT2D eigenvalue weighted by molar-refractivity contribution is 7.92. The predicted octanol–water partition coefficient (Wildman–Crippen LogP) is 4.85. The Morgan fingerprint density at radius 1 is 0.881 bits per heavy atom. The summed E-state index contributed by atoms with van der Waals surface area (Å²) in [6, 6.07) is 17.8. The lowest BCUT2D eigenvalue weighted by atomic mass is 10.1. The van der Waals surface area contributed by atoms with Crippen LogP contribution in [0.25, 0.3) is 0 Å². The second-order valence-electron chi connectivity index (χ2n) is 11.3. The van der Waals surface area contributed by atoms with E-state index in [9.17, 15) is 18.0 Å². The minimum absolute atomic E-state index is 0.0273. The molecule has 3 aromatic carbocycles. The third-order valence-corrected chi connectivity index (χ3v) is 8.43. The number of rotatable bonds is 11.